The summed E-state index contributed by atoms with van der Waals surface area (Å²) in [6, 6.07) is 17.7. The maximum atomic E-state index is 12.9. The molecular formula is C19H18N2O2. The van der Waals surface area contributed by atoms with Gasteiger partial charge in [0.2, 0.25) is 11.8 Å². The summed E-state index contributed by atoms with van der Waals surface area (Å²) in [5.41, 5.74) is 2.84. The number of carbonyl (C=O) groups excluding carboxylic acids is 2. The van der Waals surface area contributed by atoms with E-state index >= 15 is 0 Å². The highest BCUT2D eigenvalue weighted by Gasteiger charge is 2.47. The van der Waals surface area contributed by atoms with Crippen molar-refractivity contribution in [1.29, 1.82) is 0 Å². The van der Waals surface area contributed by atoms with E-state index in [4.69, 9.17) is 0 Å². The van der Waals surface area contributed by atoms with Crippen LogP contribution in [-0.4, -0.2) is 25.4 Å². The normalized spacial score (nSPS) is 22.7. The third kappa shape index (κ3) is 2.31. The van der Waals surface area contributed by atoms with E-state index in [0.29, 0.717) is 0 Å². The molecular weight excluding hydrogens is 288 g/mol. The van der Waals surface area contributed by atoms with Crippen LogP contribution in [0.5, 0.6) is 0 Å². The second-order valence-corrected chi connectivity index (χ2v) is 6.23. The Morgan fingerprint density at radius 1 is 1.00 bits per heavy atom. The predicted molar refractivity (Wildman–Crippen MR) is 89.5 cm³/mol. The van der Waals surface area contributed by atoms with Gasteiger partial charge in [-0.05, 0) is 30.0 Å². The fraction of sp³-hybridized carbons (Fsp3) is 0.263. The molecule has 1 saturated carbocycles. The standard InChI is InChI=1S/C19H18N2O2/c1-20-16-9-5-6-10-17(16)21(12-18(20)22)19(23)15-11-14(15)13-7-3-2-4-8-13/h2-10,14-15H,11-12H2,1H3/t14-,15+/m1/s1. The van der Waals surface area contributed by atoms with Crippen molar-refractivity contribution in [2.75, 3.05) is 23.4 Å². The second-order valence-electron chi connectivity index (χ2n) is 6.23. The van der Waals surface area contributed by atoms with E-state index in [9.17, 15) is 9.59 Å². The van der Waals surface area contributed by atoms with Gasteiger partial charge in [0.25, 0.3) is 0 Å². The Morgan fingerprint density at radius 3 is 2.39 bits per heavy atom. The minimum atomic E-state index is -0.0473. The molecule has 0 saturated heterocycles. The first-order valence-corrected chi connectivity index (χ1v) is 7.88. The van der Waals surface area contributed by atoms with E-state index < -0.39 is 0 Å². The molecule has 2 aliphatic rings. The van der Waals surface area contributed by atoms with Crippen LogP contribution in [0, 0.1) is 5.92 Å². The lowest BCUT2D eigenvalue weighted by molar-refractivity contribution is -0.123. The first kappa shape index (κ1) is 14.0. The summed E-state index contributed by atoms with van der Waals surface area (Å²) in [6.45, 7) is 0.129. The Kier molecular flexibility index (Phi) is 3.18. The van der Waals surface area contributed by atoms with Gasteiger partial charge in [0.05, 0.1) is 11.4 Å². The minimum Gasteiger partial charge on any atom is -0.312 e. The van der Waals surface area contributed by atoms with Gasteiger partial charge in [0.1, 0.15) is 6.54 Å². The lowest BCUT2D eigenvalue weighted by Crippen LogP contribution is -2.47. The molecule has 0 N–H and O–H groups in total. The Balaban J connectivity index is 1.61. The van der Waals surface area contributed by atoms with Crippen LogP contribution < -0.4 is 9.80 Å². The number of benzene rings is 2. The maximum absolute atomic E-state index is 12.9. The molecule has 0 radical (unpaired) electrons. The number of nitrogens with zero attached hydrogens (tertiary/aromatic N) is 2. The average molecular weight is 306 g/mol. The molecule has 4 heteroatoms. The summed E-state index contributed by atoms with van der Waals surface area (Å²) >= 11 is 0. The molecule has 1 aliphatic heterocycles. The second kappa shape index (κ2) is 5.23. The molecule has 2 amide bonds. The summed E-state index contributed by atoms with van der Waals surface area (Å²) in [5, 5.41) is 0. The number of para-hydroxylation sites is 2. The van der Waals surface area contributed by atoms with E-state index in [-0.39, 0.29) is 30.2 Å². The van der Waals surface area contributed by atoms with Gasteiger partial charge in [0.15, 0.2) is 0 Å². The number of likely N-dealkylation sites (N-methyl/N-ethyl adjacent to an activating group) is 1. The molecule has 0 bridgehead atoms. The predicted octanol–water partition coefficient (Wildman–Crippen LogP) is 2.80. The maximum Gasteiger partial charge on any atom is 0.246 e. The Morgan fingerprint density at radius 2 is 1.65 bits per heavy atom. The third-order valence-corrected chi connectivity index (χ3v) is 4.80. The van der Waals surface area contributed by atoms with Crippen LogP contribution in [0.3, 0.4) is 0 Å². The lowest BCUT2D eigenvalue weighted by atomic mass is 10.1. The molecule has 4 nitrogen and oxygen atoms in total. The molecule has 1 fully saturated rings. The van der Waals surface area contributed by atoms with Gasteiger partial charge in [-0.3, -0.25) is 9.59 Å². The van der Waals surface area contributed by atoms with Crippen molar-refractivity contribution in [1.82, 2.24) is 0 Å². The van der Waals surface area contributed by atoms with Crippen molar-refractivity contribution in [3.8, 4) is 0 Å². The van der Waals surface area contributed by atoms with Gasteiger partial charge in [-0.1, -0.05) is 42.5 Å². The largest absolute Gasteiger partial charge is 0.312 e. The molecule has 2 atom stereocenters. The number of fused-ring (bicyclic) bond motifs is 1. The number of amides is 2. The zero-order valence-electron chi connectivity index (χ0n) is 13.0. The number of rotatable bonds is 2. The molecule has 23 heavy (non-hydrogen) atoms. The third-order valence-electron chi connectivity index (χ3n) is 4.80. The SMILES string of the molecule is CN1C(=O)CN(C(=O)[C@H]2C[C@@H]2c2ccccc2)c2ccccc21. The zero-order valence-corrected chi connectivity index (χ0v) is 13.0. The Hall–Kier alpha value is -2.62. The van der Waals surface area contributed by atoms with Crippen LogP contribution in [0.1, 0.15) is 17.9 Å². The summed E-state index contributed by atoms with van der Waals surface area (Å²) in [7, 11) is 1.76. The molecule has 1 heterocycles. The van der Waals surface area contributed by atoms with E-state index in [2.05, 4.69) is 12.1 Å². The van der Waals surface area contributed by atoms with Gasteiger partial charge in [-0.15, -0.1) is 0 Å². The average Bonchev–Trinajstić information content (AvgIpc) is 3.39. The molecule has 4 rings (SSSR count). The zero-order chi connectivity index (χ0) is 16.0. The van der Waals surface area contributed by atoms with Crippen molar-refractivity contribution in [2.45, 2.75) is 12.3 Å². The van der Waals surface area contributed by atoms with Crippen molar-refractivity contribution < 1.29 is 9.59 Å². The highest BCUT2D eigenvalue weighted by Crippen LogP contribution is 2.49. The van der Waals surface area contributed by atoms with Crippen molar-refractivity contribution in [3.05, 3.63) is 60.2 Å². The monoisotopic (exact) mass is 306 g/mol. The molecule has 1 aliphatic carbocycles. The smallest absolute Gasteiger partial charge is 0.246 e. The fourth-order valence-electron chi connectivity index (χ4n) is 3.37. The van der Waals surface area contributed by atoms with Crippen molar-refractivity contribution >= 4 is 23.2 Å². The quantitative estimate of drug-likeness (QED) is 0.856. The van der Waals surface area contributed by atoms with Gasteiger partial charge in [0, 0.05) is 13.0 Å². The summed E-state index contributed by atoms with van der Waals surface area (Å²) in [5.74, 6) is 0.286. The molecule has 0 aromatic heterocycles. The molecule has 2 aromatic carbocycles. The highest BCUT2D eigenvalue weighted by atomic mass is 16.2. The fourth-order valence-corrected chi connectivity index (χ4v) is 3.37. The molecule has 2 aromatic rings. The summed E-state index contributed by atoms with van der Waals surface area (Å²) < 4.78 is 0. The number of hydrogen-bond donors (Lipinski definition) is 0. The molecule has 116 valence electrons. The van der Waals surface area contributed by atoms with Crippen LogP contribution in [0.15, 0.2) is 54.6 Å². The summed E-state index contributed by atoms with van der Waals surface area (Å²) in [4.78, 5) is 28.4. The van der Waals surface area contributed by atoms with Crippen molar-refractivity contribution in [2.24, 2.45) is 5.92 Å². The molecule has 0 unspecified atom stereocenters. The van der Waals surface area contributed by atoms with Crippen LogP contribution in [0.4, 0.5) is 11.4 Å². The number of carbonyl (C=O) groups is 2. The summed E-state index contributed by atoms with van der Waals surface area (Å²) in [6.07, 6.45) is 0.867. The first-order valence-electron chi connectivity index (χ1n) is 7.88. The van der Waals surface area contributed by atoms with Crippen LogP contribution >= 0.6 is 0 Å². The van der Waals surface area contributed by atoms with Gasteiger partial charge < -0.3 is 9.80 Å². The first-order chi connectivity index (χ1) is 11.2. The van der Waals surface area contributed by atoms with E-state index in [1.165, 1.54) is 5.56 Å². The minimum absolute atomic E-state index is 0.0123. The van der Waals surface area contributed by atoms with Gasteiger partial charge >= 0.3 is 0 Å². The number of hydrogen-bond acceptors (Lipinski definition) is 2. The van der Waals surface area contributed by atoms with Crippen molar-refractivity contribution in [3.63, 3.8) is 0 Å². The Labute approximate surface area is 135 Å². The highest BCUT2D eigenvalue weighted by molar-refractivity contribution is 6.12. The van der Waals surface area contributed by atoms with E-state index in [1.54, 1.807) is 16.8 Å². The lowest BCUT2D eigenvalue weighted by Gasteiger charge is -2.34. The topological polar surface area (TPSA) is 40.6 Å². The van der Waals surface area contributed by atoms with E-state index in [1.807, 2.05) is 42.5 Å². The van der Waals surface area contributed by atoms with E-state index in [0.717, 1.165) is 17.8 Å². The van der Waals surface area contributed by atoms with Crippen LogP contribution in [0.25, 0.3) is 0 Å². The Bertz CT molecular complexity index is 772. The van der Waals surface area contributed by atoms with Crippen LogP contribution in [0.2, 0.25) is 0 Å². The van der Waals surface area contributed by atoms with Crippen LogP contribution in [-0.2, 0) is 9.59 Å². The van der Waals surface area contributed by atoms with Gasteiger partial charge in [-0.25, -0.2) is 0 Å². The number of anilines is 2. The van der Waals surface area contributed by atoms with Gasteiger partial charge in [-0.2, -0.15) is 0 Å². The molecule has 0 spiro atoms.